The summed E-state index contributed by atoms with van der Waals surface area (Å²) in [7, 11) is 0. The Balaban J connectivity index is 2.28. The maximum atomic E-state index is 11.4. The monoisotopic (exact) mass is 244 g/mol. The molecule has 1 N–H and O–H groups in total. The fraction of sp³-hybridized carbons (Fsp3) is 0.917. The van der Waals surface area contributed by atoms with Crippen LogP contribution in [0.1, 0.15) is 26.7 Å². The van der Waals surface area contributed by atoms with Gasteiger partial charge in [0.1, 0.15) is 0 Å². The largest absolute Gasteiger partial charge is 0.355 e. The van der Waals surface area contributed by atoms with Crippen molar-refractivity contribution in [3.8, 4) is 0 Å². The molecule has 1 aliphatic heterocycles. The normalized spacial score (nSPS) is 18.2. The predicted molar refractivity (Wildman–Crippen MR) is 65.7 cm³/mol. The summed E-state index contributed by atoms with van der Waals surface area (Å²) in [4.78, 5) is 13.5. The first-order valence-corrected chi connectivity index (χ1v) is 6.48. The van der Waals surface area contributed by atoms with Crippen molar-refractivity contribution in [1.29, 1.82) is 0 Å². The molecule has 0 aromatic heterocycles. The average molecular weight is 244 g/mol. The fourth-order valence-electron chi connectivity index (χ4n) is 1.93. The number of ether oxygens (including phenoxy) is 2. The molecule has 0 saturated carbocycles. The van der Waals surface area contributed by atoms with Gasteiger partial charge >= 0.3 is 0 Å². The van der Waals surface area contributed by atoms with Crippen LogP contribution in [0, 0.1) is 0 Å². The van der Waals surface area contributed by atoms with Crippen LogP contribution in [0.25, 0.3) is 0 Å². The number of carbonyl (C=O) groups is 1. The minimum Gasteiger partial charge on any atom is -0.355 e. The van der Waals surface area contributed by atoms with Crippen molar-refractivity contribution in [1.82, 2.24) is 10.2 Å². The summed E-state index contributed by atoms with van der Waals surface area (Å²) in [5, 5.41) is 2.87. The third-order valence-electron chi connectivity index (χ3n) is 2.73. The molecule has 5 heteroatoms. The molecule has 0 radical (unpaired) electrons. The molecule has 1 fully saturated rings. The van der Waals surface area contributed by atoms with E-state index in [-0.39, 0.29) is 12.2 Å². The minimum absolute atomic E-state index is 0.117. The summed E-state index contributed by atoms with van der Waals surface area (Å²) >= 11 is 0. The fourth-order valence-corrected chi connectivity index (χ4v) is 1.93. The van der Waals surface area contributed by atoms with Crippen LogP contribution in [0.15, 0.2) is 0 Å². The van der Waals surface area contributed by atoms with Gasteiger partial charge in [-0.05, 0) is 20.3 Å². The average Bonchev–Trinajstić information content (AvgIpc) is 2.51. The summed E-state index contributed by atoms with van der Waals surface area (Å²) in [6, 6.07) is 0. The zero-order valence-corrected chi connectivity index (χ0v) is 10.9. The van der Waals surface area contributed by atoms with Crippen molar-refractivity contribution in [3.05, 3.63) is 0 Å². The zero-order chi connectivity index (χ0) is 12.5. The van der Waals surface area contributed by atoms with Crippen LogP contribution < -0.4 is 5.32 Å². The Hall–Kier alpha value is -0.650. The van der Waals surface area contributed by atoms with Gasteiger partial charge in [0.05, 0.1) is 6.54 Å². The standard InChI is InChI=1S/C12H24N2O3/c1-3-16-12(17-4-2)6-9-14-8-5-7-13-11(15)10-14/h12H,3-10H2,1-2H3,(H,13,15). The number of nitrogens with zero attached hydrogens (tertiary/aromatic N) is 1. The van der Waals surface area contributed by atoms with E-state index >= 15 is 0 Å². The van der Waals surface area contributed by atoms with Gasteiger partial charge in [-0.3, -0.25) is 9.69 Å². The Morgan fingerprint density at radius 2 is 2.06 bits per heavy atom. The summed E-state index contributed by atoms with van der Waals surface area (Å²) < 4.78 is 11.0. The zero-order valence-electron chi connectivity index (χ0n) is 10.9. The van der Waals surface area contributed by atoms with Gasteiger partial charge in [0.15, 0.2) is 6.29 Å². The van der Waals surface area contributed by atoms with E-state index in [1.807, 2.05) is 13.8 Å². The van der Waals surface area contributed by atoms with E-state index in [0.29, 0.717) is 19.8 Å². The molecular formula is C12H24N2O3. The number of hydrogen-bond donors (Lipinski definition) is 1. The summed E-state index contributed by atoms with van der Waals surface area (Å²) in [5.41, 5.74) is 0. The lowest BCUT2D eigenvalue weighted by Gasteiger charge is -2.22. The summed E-state index contributed by atoms with van der Waals surface area (Å²) in [6.07, 6.45) is 1.69. The lowest BCUT2D eigenvalue weighted by Crippen LogP contribution is -2.35. The first-order valence-electron chi connectivity index (χ1n) is 6.48. The molecule has 0 unspecified atom stereocenters. The molecule has 0 bridgehead atoms. The van der Waals surface area contributed by atoms with E-state index < -0.39 is 0 Å². The molecule has 0 atom stereocenters. The molecule has 17 heavy (non-hydrogen) atoms. The highest BCUT2D eigenvalue weighted by molar-refractivity contribution is 5.78. The lowest BCUT2D eigenvalue weighted by atomic mass is 10.3. The maximum Gasteiger partial charge on any atom is 0.234 e. The smallest absolute Gasteiger partial charge is 0.234 e. The molecule has 1 saturated heterocycles. The Morgan fingerprint density at radius 1 is 1.35 bits per heavy atom. The molecule has 1 amide bonds. The second-order valence-electron chi connectivity index (χ2n) is 4.11. The van der Waals surface area contributed by atoms with Crippen LogP contribution in [0.3, 0.4) is 0 Å². The molecule has 0 spiro atoms. The molecule has 100 valence electrons. The highest BCUT2D eigenvalue weighted by Crippen LogP contribution is 2.05. The van der Waals surface area contributed by atoms with E-state index in [0.717, 1.165) is 32.5 Å². The van der Waals surface area contributed by atoms with Crippen LogP contribution in [0.5, 0.6) is 0 Å². The second kappa shape index (κ2) is 8.44. The quantitative estimate of drug-likeness (QED) is 0.666. The van der Waals surface area contributed by atoms with Gasteiger partial charge in [-0.2, -0.15) is 0 Å². The van der Waals surface area contributed by atoms with Gasteiger partial charge in [-0.1, -0.05) is 0 Å². The van der Waals surface area contributed by atoms with E-state index in [1.54, 1.807) is 0 Å². The van der Waals surface area contributed by atoms with Crippen molar-refractivity contribution in [2.24, 2.45) is 0 Å². The van der Waals surface area contributed by atoms with Crippen molar-refractivity contribution >= 4 is 5.91 Å². The topological polar surface area (TPSA) is 50.8 Å². The van der Waals surface area contributed by atoms with Crippen molar-refractivity contribution in [2.45, 2.75) is 33.0 Å². The minimum atomic E-state index is -0.142. The second-order valence-corrected chi connectivity index (χ2v) is 4.11. The van der Waals surface area contributed by atoms with Gasteiger partial charge < -0.3 is 14.8 Å². The summed E-state index contributed by atoms with van der Waals surface area (Å²) in [6.45, 7) is 8.33. The van der Waals surface area contributed by atoms with Crippen LogP contribution in [-0.4, -0.2) is 56.5 Å². The van der Waals surface area contributed by atoms with E-state index in [1.165, 1.54) is 0 Å². The molecule has 1 rings (SSSR count). The predicted octanol–water partition coefficient (Wildman–Crippen LogP) is 0.598. The highest BCUT2D eigenvalue weighted by Gasteiger charge is 2.16. The first kappa shape index (κ1) is 14.4. The van der Waals surface area contributed by atoms with Crippen molar-refractivity contribution < 1.29 is 14.3 Å². The number of nitrogens with one attached hydrogen (secondary N) is 1. The van der Waals surface area contributed by atoms with Gasteiger partial charge in [-0.15, -0.1) is 0 Å². The Labute approximate surface area is 103 Å². The number of amides is 1. The molecule has 1 aliphatic rings. The highest BCUT2D eigenvalue weighted by atomic mass is 16.7. The first-order chi connectivity index (χ1) is 8.26. The van der Waals surface area contributed by atoms with Gasteiger partial charge in [0, 0.05) is 39.3 Å². The van der Waals surface area contributed by atoms with Crippen molar-refractivity contribution in [3.63, 3.8) is 0 Å². The molecule has 0 aromatic carbocycles. The van der Waals surface area contributed by atoms with Crippen LogP contribution in [-0.2, 0) is 14.3 Å². The van der Waals surface area contributed by atoms with Gasteiger partial charge in [0.25, 0.3) is 0 Å². The Bertz CT molecular complexity index is 218. The van der Waals surface area contributed by atoms with Crippen LogP contribution in [0.4, 0.5) is 0 Å². The summed E-state index contributed by atoms with van der Waals surface area (Å²) in [5.74, 6) is 0.117. The van der Waals surface area contributed by atoms with Crippen molar-refractivity contribution in [2.75, 3.05) is 39.4 Å². The maximum absolute atomic E-state index is 11.4. The third-order valence-corrected chi connectivity index (χ3v) is 2.73. The van der Waals surface area contributed by atoms with E-state index in [4.69, 9.17) is 9.47 Å². The molecule has 0 aliphatic carbocycles. The van der Waals surface area contributed by atoms with Gasteiger partial charge in [-0.25, -0.2) is 0 Å². The number of rotatable bonds is 7. The van der Waals surface area contributed by atoms with Crippen LogP contribution >= 0.6 is 0 Å². The molecule has 1 heterocycles. The number of carbonyl (C=O) groups excluding carboxylic acids is 1. The molecule has 0 aromatic rings. The van der Waals surface area contributed by atoms with E-state index in [2.05, 4.69) is 10.2 Å². The number of hydrogen-bond acceptors (Lipinski definition) is 4. The SMILES string of the molecule is CCOC(CCN1CCCNC(=O)C1)OCC. The molecule has 5 nitrogen and oxygen atoms in total. The Kier molecular flexibility index (Phi) is 7.16. The van der Waals surface area contributed by atoms with Gasteiger partial charge in [0.2, 0.25) is 5.91 Å². The third kappa shape index (κ3) is 6.00. The Morgan fingerprint density at radius 3 is 2.71 bits per heavy atom. The van der Waals surface area contributed by atoms with E-state index in [9.17, 15) is 4.79 Å². The molecular weight excluding hydrogens is 220 g/mol. The van der Waals surface area contributed by atoms with Crippen LogP contribution in [0.2, 0.25) is 0 Å². The lowest BCUT2D eigenvalue weighted by molar-refractivity contribution is -0.142.